The lowest BCUT2D eigenvalue weighted by Crippen LogP contribution is -2.36. The van der Waals surface area contributed by atoms with E-state index in [-0.39, 0.29) is 16.9 Å². The van der Waals surface area contributed by atoms with Crippen LogP contribution >= 0.6 is 11.6 Å². The number of halogens is 2. The number of aliphatic hydroxyl groups excluding tert-OH is 1. The lowest BCUT2D eigenvalue weighted by atomic mass is 10.1. The van der Waals surface area contributed by atoms with E-state index in [0.29, 0.717) is 49.5 Å². The van der Waals surface area contributed by atoms with Crippen molar-refractivity contribution >= 4 is 23.0 Å². The van der Waals surface area contributed by atoms with Crippen LogP contribution in [0.1, 0.15) is 18.4 Å². The molecule has 156 valence electrons. The van der Waals surface area contributed by atoms with E-state index >= 15 is 0 Å². The van der Waals surface area contributed by atoms with Crippen molar-refractivity contribution in [2.24, 2.45) is 0 Å². The molecule has 2 N–H and O–H groups in total. The van der Waals surface area contributed by atoms with E-state index in [1.54, 1.807) is 18.2 Å². The molecule has 8 heteroatoms. The SMILES string of the molecule is O=c1c(Cl)c(NCc2ccc(N3CCC(O)CC3)c(F)c2)cnn1-c1ccccc1. The van der Waals surface area contributed by atoms with E-state index in [0.717, 1.165) is 5.56 Å². The number of anilines is 2. The summed E-state index contributed by atoms with van der Waals surface area (Å²) in [5, 5.41) is 16.9. The zero-order chi connectivity index (χ0) is 21.1. The van der Waals surface area contributed by atoms with E-state index in [1.807, 2.05) is 29.2 Å². The summed E-state index contributed by atoms with van der Waals surface area (Å²) in [6.45, 7) is 1.56. The molecule has 1 saturated heterocycles. The lowest BCUT2D eigenvalue weighted by Gasteiger charge is -2.31. The Hall–Kier alpha value is -2.90. The fourth-order valence-electron chi connectivity index (χ4n) is 3.53. The number of nitrogens with zero attached hydrogens (tertiary/aromatic N) is 3. The van der Waals surface area contributed by atoms with Crippen molar-refractivity contribution in [2.45, 2.75) is 25.5 Å². The molecule has 4 rings (SSSR count). The summed E-state index contributed by atoms with van der Waals surface area (Å²) in [5.74, 6) is -0.311. The Kier molecular flexibility index (Phi) is 6.01. The van der Waals surface area contributed by atoms with Gasteiger partial charge in [0.2, 0.25) is 0 Å². The number of benzene rings is 2. The molecule has 30 heavy (non-hydrogen) atoms. The van der Waals surface area contributed by atoms with Gasteiger partial charge in [-0.3, -0.25) is 4.79 Å². The summed E-state index contributed by atoms with van der Waals surface area (Å²) in [4.78, 5) is 14.5. The second-order valence-corrected chi connectivity index (χ2v) is 7.66. The number of piperidine rings is 1. The van der Waals surface area contributed by atoms with Crippen LogP contribution in [0.3, 0.4) is 0 Å². The van der Waals surface area contributed by atoms with Crippen LogP contribution in [0.5, 0.6) is 0 Å². The van der Waals surface area contributed by atoms with Crippen molar-refractivity contribution in [3.8, 4) is 5.69 Å². The number of nitrogens with one attached hydrogen (secondary N) is 1. The first-order valence-electron chi connectivity index (χ1n) is 9.81. The minimum Gasteiger partial charge on any atom is -0.393 e. The van der Waals surface area contributed by atoms with Crippen molar-refractivity contribution in [3.63, 3.8) is 0 Å². The van der Waals surface area contributed by atoms with Gasteiger partial charge in [-0.05, 0) is 42.7 Å². The molecule has 3 aromatic rings. The zero-order valence-corrected chi connectivity index (χ0v) is 17.0. The molecule has 0 atom stereocenters. The van der Waals surface area contributed by atoms with E-state index in [4.69, 9.17) is 11.6 Å². The highest BCUT2D eigenvalue weighted by molar-refractivity contribution is 6.32. The Bertz CT molecular complexity index is 1080. The Labute approximate surface area is 178 Å². The molecule has 0 spiro atoms. The molecule has 0 saturated carbocycles. The molecule has 1 aliphatic rings. The van der Waals surface area contributed by atoms with Gasteiger partial charge in [0.25, 0.3) is 5.56 Å². The average molecular weight is 429 g/mol. The van der Waals surface area contributed by atoms with Crippen LogP contribution < -0.4 is 15.8 Å². The van der Waals surface area contributed by atoms with Gasteiger partial charge in [-0.1, -0.05) is 35.9 Å². The highest BCUT2D eigenvalue weighted by Gasteiger charge is 2.19. The van der Waals surface area contributed by atoms with E-state index in [9.17, 15) is 14.3 Å². The number of rotatable bonds is 5. The molecule has 2 heterocycles. The maximum absolute atomic E-state index is 14.6. The second-order valence-electron chi connectivity index (χ2n) is 7.28. The molecule has 0 unspecified atom stereocenters. The minimum absolute atomic E-state index is 0.0258. The lowest BCUT2D eigenvalue weighted by molar-refractivity contribution is 0.145. The Morgan fingerprint density at radius 1 is 1.17 bits per heavy atom. The van der Waals surface area contributed by atoms with Crippen molar-refractivity contribution in [3.05, 3.63) is 81.5 Å². The first kappa shape index (κ1) is 20.4. The van der Waals surface area contributed by atoms with E-state index in [1.165, 1.54) is 16.9 Å². The molecule has 0 amide bonds. The smallest absolute Gasteiger partial charge is 0.292 e. The molecule has 2 aromatic carbocycles. The van der Waals surface area contributed by atoms with Gasteiger partial charge in [0, 0.05) is 19.6 Å². The quantitative estimate of drug-likeness (QED) is 0.649. The second kappa shape index (κ2) is 8.85. The molecule has 1 aromatic heterocycles. The van der Waals surface area contributed by atoms with Gasteiger partial charge in [0.15, 0.2) is 0 Å². The Morgan fingerprint density at radius 3 is 2.60 bits per heavy atom. The van der Waals surface area contributed by atoms with Crippen molar-refractivity contribution in [1.82, 2.24) is 9.78 Å². The summed E-state index contributed by atoms with van der Waals surface area (Å²) in [7, 11) is 0. The molecule has 0 aliphatic carbocycles. The first-order valence-corrected chi connectivity index (χ1v) is 10.2. The predicted octanol–water partition coefficient (Wildman–Crippen LogP) is 3.60. The molecule has 1 aliphatic heterocycles. The summed E-state index contributed by atoms with van der Waals surface area (Å²) in [6.07, 6.45) is 2.47. The molecule has 1 fully saturated rings. The Morgan fingerprint density at radius 2 is 1.90 bits per heavy atom. The van der Waals surface area contributed by atoms with Crippen LogP contribution in [-0.4, -0.2) is 34.1 Å². The number of hydrogen-bond donors (Lipinski definition) is 2. The van der Waals surface area contributed by atoms with Crippen LogP contribution in [0.25, 0.3) is 5.69 Å². The largest absolute Gasteiger partial charge is 0.393 e. The number of aromatic nitrogens is 2. The van der Waals surface area contributed by atoms with Crippen LogP contribution in [0, 0.1) is 5.82 Å². The number of aliphatic hydroxyl groups is 1. The van der Waals surface area contributed by atoms with E-state index < -0.39 is 5.56 Å². The van der Waals surface area contributed by atoms with Gasteiger partial charge < -0.3 is 15.3 Å². The van der Waals surface area contributed by atoms with E-state index in [2.05, 4.69) is 10.4 Å². The van der Waals surface area contributed by atoms with Crippen molar-refractivity contribution in [2.75, 3.05) is 23.3 Å². The monoisotopic (exact) mass is 428 g/mol. The molecular formula is C22H22ClFN4O2. The third-order valence-corrected chi connectivity index (χ3v) is 5.59. The third-order valence-electron chi connectivity index (χ3n) is 5.22. The van der Waals surface area contributed by atoms with Crippen LogP contribution in [0.4, 0.5) is 15.8 Å². The topological polar surface area (TPSA) is 70.4 Å². The third kappa shape index (κ3) is 4.32. The molecule has 0 radical (unpaired) electrons. The van der Waals surface area contributed by atoms with Gasteiger partial charge >= 0.3 is 0 Å². The fraction of sp³-hybridized carbons (Fsp3) is 0.273. The van der Waals surface area contributed by atoms with Crippen molar-refractivity contribution in [1.29, 1.82) is 0 Å². The highest BCUT2D eigenvalue weighted by Crippen LogP contribution is 2.25. The van der Waals surface area contributed by atoms with Gasteiger partial charge in [0.1, 0.15) is 10.8 Å². The normalized spacial score (nSPS) is 14.7. The van der Waals surface area contributed by atoms with Crippen LogP contribution in [0.15, 0.2) is 59.5 Å². The molecule has 0 bridgehead atoms. The summed E-state index contributed by atoms with van der Waals surface area (Å²) >= 11 is 6.25. The Balaban J connectivity index is 1.46. The maximum Gasteiger partial charge on any atom is 0.292 e. The summed E-state index contributed by atoms with van der Waals surface area (Å²) < 4.78 is 15.9. The standard InChI is InChI=1S/C22H22ClFN4O2/c23-21-19(14-26-28(22(21)30)16-4-2-1-3-5-16)25-13-15-6-7-20(18(24)12-15)27-10-8-17(29)9-11-27/h1-7,12,14,17,25,29H,8-11,13H2. The van der Waals surface area contributed by atoms with Gasteiger partial charge in [0.05, 0.1) is 29.4 Å². The number of hydrogen-bond acceptors (Lipinski definition) is 5. The minimum atomic E-state index is -0.429. The summed E-state index contributed by atoms with van der Waals surface area (Å²) in [5.41, 5.74) is 1.84. The summed E-state index contributed by atoms with van der Waals surface area (Å²) in [6, 6.07) is 14.1. The molecule has 6 nitrogen and oxygen atoms in total. The first-order chi connectivity index (χ1) is 14.5. The highest BCUT2D eigenvalue weighted by atomic mass is 35.5. The van der Waals surface area contributed by atoms with Gasteiger partial charge in [-0.25, -0.2) is 4.39 Å². The number of para-hydroxylation sites is 1. The molecular weight excluding hydrogens is 407 g/mol. The fourth-order valence-corrected chi connectivity index (χ4v) is 3.73. The van der Waals surface area contributed by atoms with Crippen molar-refractivity contribution < 1.29 is 9.50 Å². The van der Waals surface area contributed by atoms with Crippen LogP contribution in [0.2, 0.25) is 5.02 Å². The van der Waals surface area contributed by atoms with Crippen LogP contribution in [-0.2, 0) is 6.54 Å². The van der Waals surface area contributed by atoms with Gasteiger partial charge in [-0.2, -0.15) is 9.78 Å². The average Bonchev–Trinajstić information content (AvgIpc) is 2.76. The maximum atomic E-state index is 14.6. The van der Waals surface area contributed by atoms with Gasteiger partial charge in [-0.15, -0.1) is 0 Å². The zero-order valence-electron chi connectivity index (χ0n) is 16.3. The predicted molar refractivity (Wildman–Crippen MR) is 116 cm³/mol.